The highest BCUT2D eigenvalue weighted by Crippen LogP contribution is 2.25. The maximum Gasteiger partial charge on any atom is 0.261 e. The van der Waals surface area contributed by atoms with Crippen LogP contribution in [0.3, 0.4) is 0 Å². The van der Waals surface area contributed by atoms with Crippen LogP contribution < -0.4 is 10.1 Å². The molecule has 2 amide bonds. The van der Waals surface area contributed by atoms with Gasteiger partial charge in [0.1, 0.15) is 11.8 Å². The quantitative estimate of drug-likeness (QED) is 0.442. The molecule has 3 aromatic carbocycles. The molecular formula is C28H29ClN2O4. The Hall–Kier alpha value is -3.35. The largest absolute Gasteiger partial charge is 0.484 e. The van der Waals surface area contributed by atoms with Crippen LogP contribution in [0.5, 0.6) is 5.75 Å². The molecule has 0 radical (unpaired) electrons. The highest BCUT2D eigenvalue weighted by molar-refractivity contribution is 6.30. The lowest BCUT2D eigenvalue weighted by Gasteiger charge is -2.32. The third-order valence-corrected chi connectivity index (χ3v) is 6.15. The zero-order valence-electron chi connectivity index (χ0n) is 19.4. The van der Waals surface area contributed by atoms with E-state index in [0.717, 1.165) is 24.0 Å². The van der Waals surface area contributed by atoms with Gasteiger partial charge >= 0.3 is 0 Å². The van der Waals surface area contributed by atoms with E-state index >= 15 is 0 Å². The summed E-state index contributed by atoms with van der Waals surface area (Å²) in [6, 6.07) is 24.9. The van der Waals surface area contributed by atoms with Gasteiger partial charge in [0.15, 0.2) is 6.61 Å². The second kappa shape index (κ2) is 12.4. The molecule has 1 N–H and O–H groups in total. The van der Waals surface area contributed by atoms with Crippen molar-refractivity contribution in [1.29, 1.82) is 0 Å². The topological polar surface area (TPSA) is 67.9 Å². The van der Waals surface area contributed by atoms with Crippen LogP contribution in [-0.2, 0) is 20.9 Å². The average Bonchev–Trinajstić information content (AvgIpc) is 3.42. The van der Waals surface area contributed by atoms with E-state index in [1.165, 1.54) is 0 Å². The van der Waals surface area contributed by atoms with Gasteiger partial charge in [-0.05, 0) is 48.2 Å². The molecule has 7 heteroatoms. The van der Waals surface area contributed by atoms with E-state index in [4.69, 9.17) is 21.1 Å². The average molecular weight is 493 g/mol. The molecule has 0 aliphatic carbocycles. The molecule has 1 aliphatic rings. The number of carbonyl (C=O) groups excluding carboxylic acids is 2. The minimum Gasteiger partial charge on any atom is -0.484 e. The number of hydrogen-bond acceptors (Lipinski definition) is 4. The monoisotopic (exact) mass is 492 g/mol. The SMILES string of the molecule is O=C(NC[C@@H]1CCCO1)[C@H](c1ccccc1)N(Cc1ccc(Cl)cc1)C(=O)COc1ccccc1. The van der Waals surface area contributed by atoms with Crippen LogP contribution >= 0.6 is 11.6 Å². The van der Waals surface area contributed by atoms with E-state index in [2.05, 4.69) is 5.32 Å². The Morgan fingerprint density at radius 1 is 1.00 bits per heavy atom. The molecule has 0 spiro atoms. The Kier molecular flexibility index (Phi) is 8.76. The predicted molar refractivity (Wildman–Crippen MR) is 135 cm³/mol. The van der Waals surface area contributed by atoms with Crippen molar-refractivity contribution < 1.29 is 19.1 Å². The molecule has 2 atom stereocenters. The van der Waals surface area contributed by atoms with Crippen molar-refractivity contribution in [3.05, 3.63) is 101 Å². The second-order valence-corrected chi connectivity index (χ2v) is 8.88. The molecule has 6 nitrogen and oxygen atoms in total. The Balaban J connectivity index is 1.60. The molecule has 0 aromatic heterocycles. The second-order valence-electron chi connectivity index (χ2n) is 8.44. The molecule has 182 valence electrons. The number of nitrogens with zero attached hydrogens (tertiary/aromatic N) is 1. The Bertz CT molecular complexity index is 1090. The molecule has 0 unspecified atom stereocenters. The summed E-state index contributed by atoms with van der Waals surface area (Å²) in [6.45, 7) is 1.15. The first-order valence-corrected chi connectivity index (χ1v) is 12.1. The van der Waals surface area contributed by atoms with Gasteiger partial charge in [0.05, 0.1) is 6.10 Å². The van der Waals surface area contributed by atoms with Crippen LogP contribution in [0.4, 0.5) is 0 Å². The first-order valence-electron chi connectivity index (χ1n) is 11.8. The van der Waals surface area contributed by atoms with E-state index in [1.807, 2.05) is 60.7 Å². The van der Waals surface area contributed by atoms with Gasteiger partial charge in [0.25, 0.3) is 5.91 Å². The van der Waals surface area contributed by atoms with E-state index in [9.17, 15) is 9.59 Å². The lowest BCUT2D eigenvalue weighted by Crippen LogP contribution is -2.46. The van der Waals surface area contributed by atoms with Gasteiger partial charge in [0, 0.05) is 24.7 Å². The first kappa shape index (κ1) is 24.8. The van der Waals surface area contributed by atoms with Crippen molar-refractivity contribution in [1.82, 2.24) is 10.2 Å². The maximum absolute atomic E-state index is 13.5. The Morgan fingerprint density at radius 3 is 2.34 bits per heavy atom. The lowest BCUT2D eigenvalue weighted by atomic mass is 10.0. The molecule has 4 rings (SSSR count). The van der Waals surface area contributed by atoms with Crippen LogP contribution in [0.2, 0.25) is 5.02 Å². The van der Waals surface area contributed by atoms with Crippen molar-refractivity contribution in [2.24, 2.45) is 0 Å². The van der Waals surface area contributed by atoms with Crippen LogP contribution in [0.25, 0.3) is 0 Å². The number of nitrogens with one attached hydrogen (secondary N) is 1. The summed E-state index contributed by atoms with van der Waals surface area (Å²) in [5.74, 6) is 0.0324. The fourth-order valence-electron chi connectivity index (χ4n) is 4.08. The van der Waals surface area contributed by atoms with Gasteiger partial charge in [-0.3, -0.25) is 9.59 Å². The molecule has 35 heavy (non-hydrogen) atoms. The van der Waals surface area contributed by atoms with Gasteiger partial charge in [0.2, 0.25) is 5.91 Å². The zero-order valence-corrected chi connectivity index (χ0v) is 20.2. The summed E-state index contributed by atoms with van der Waals surface area (Å²) >= 11 is 6.06. The van der Waals surface area contributed by atoms with Gasteiger partial charge in [-0.15, -0.1) is 0 Å². The minimum absolute atomic E-state index is 0.00259. The Labute approximate surface area is 210 Å². The highest BCUT2D eigenvalue weighted by atomic mass is 35.5. The fraction of sp³-hybridized carbons (Fsp3) is 0.286. The normalized spacial score (nSPS) is 15.9. The van der Waals surface area contributed by atoms with E-state index in [0.29, 0.717) is 23.9 Å². The van der Waals surface area contributed by atoms with Crippen LogP contribution in [0, 0.1) is 0 Å². The molecule has 0 bridgehead atoms. The van der Waals surface area contributed by atoms with Crippen molar-refractivity contribution in [3.8, 4) is 5.75 Å². The molecule has 1 saturated heterocycles. The summed E-state index contributed by atoms with van der Waals surface area (Å²) in [4.78, 5) is 28.6. The number of rotatable bonds is 10. The number of hydrogen-bond donors (Lipinski definition) is 1. The van der Waals surface area contributed by atoms with Crippen LogP contribution in [0.1, 0.15) is 30.0 Å². The van der Waals surface area contributed by atoms with Gasteiger partial charge in [-0.2, -0.15) is 0 Å². The van der Waals surface area contributed by atoms with Crippen molar-refractivity contribution in [2.75, 3.05) is 19.8 Å². The lowest BCUT2D eigenvalue weighted by molar-refractivity contribution is -0.143. The van der Waals surface area contributed by atoms with E-state index < -0.39 is 6.04 Å². The summed E-state index contributed by atoms with van der Waals surface area (Å²) in [5, 5.41) is 3.61. The predicted octanol–water partition coefficient (Wildman–Crippen LogP) is 4.78. The third kappa shape index (κ3) is 7.07. The van der Waals surface area contributed by atoms with Gasteiger partial charge in [-0.1, -0.05) is 72.3 Å². The number of benzene rings is 3. The van der Waals surface area contributed by atoms with Crippen LogP contribution in [-0.4, -0.2) is 42.6 Å². The van der Waals surface area contributed by atoms with Gasteiger partial charge in [-0.25, -0.2) is 0 Å². The molecular weight excluding hydrogens is 464 g/mol. The Morgan fingerprint density at radius 2 is 1.69 bits per heavy atom. The number of para-hydroxylation sites is 1. The molecule has 1 heterocycles. The maximum atomic E-state index is 13.5. The minimum atomic E-state index is -0.833. The standard InChI is InChI=1S/C28H29ClN2O4/c29-23-15-13-21(14-16-23)19-31(26(32)20-35-24-10-5-2-6-11-24)27(22-8-3-1-4-9-22)28(33)30-18-25-12-7-17-34-25/h1-6,8-11,13-16,25,27H,7,12,17-20H2,(H,30,33)/t25-,27-/m0/s1. The summed E-state index contributed by atoms with van der Waals surface area (Å²) < 4.78 is 11.4. The number of amides is 2. The first-order chi connectivity index (χ1) is 17.1. The highest BCUT2D eigenvalue weighted by Gasteiger charge is 2.32. The number of ether oxygens (including phenoxy) is 2. The van der Waals surface area contributed by atoms with E-state index in [-0.39, 0.29) is 31.1 Å². The number of carbonyl (C=O) groups is 2. The summed E-state index contributed by atoms with van der Waals surface area (Å²) in [5.41, 5.74) is 1.58. The third-order valence-electron chi connectivity index (χ3n) is 5.90. The zero-order chi connectivity index (χ0) is 24.5. The van der Waals surface area contributed by atoms with Crippen LogP contribution in [0.15, 0.2) is 84.9 Å². The fourth-order valence-corrected chi connectivity index (χ4v) is 4.21. The van der Waals surface area contributed by atoms with Crippen molar-refractivity contribution in [3.63, 3.8) is 0 Å². The van der Waals surface area contributed by atoms with Gasteiger partial charge < -0.3 is 19.7 Å². The summed E-state index contributed by atoms with van der Waals surface area (Å²) in [7, 11) is 0. The van der Waals surface area contributed by atoms with Crippen molar-refractivity contribution >= 4 is 23.4 Å². The smallest absolute Gasteiger partial charge is 0.261 e. The molecule has 1 aliphatic heterocycles. The summed E-state index contributed by atoms with van der Waals surface area (Å²) in [6.07, 6.45) is 1.90. The van der Waals surface area contributed by atoms with E-state index in [1.54, 1.807) is 29.2 Å². The molecule has 1 fully saturated rings. The van der Waals surface area contributed by atoms with Crippen molar-refractivity contribution in [2.45, 2.75) is 31.5 Å². The molecule has 0 saturated carbocycles. The number of halogens is 1. The molecule has 3 aromatic rings.